The Labute approximate surface area is 179 Å². The van der Waals surface area contributed by atoms with Crippen LogP contribution in [0.3, 0.4) is 0 Å². The van der Waals surface area contributed by atoms with E-state index < -0.39 is 0 Å². The van der Waals surface area contributed by atoms with Crippen molar-refractivity contribution >= 4 is 51.0 Å². The molecule has 4 rings (SSSR count). The van der Waals surface area contributed by atoms with Gasteiger partial charge in [-0.2, -0.15) is 0 Å². The fraction of sp³-hybridized carbons (Fsp3) is 0.190. The number of aromatic hydroxyl groups is 1. The number of thiazole rings is 1. The first-order valence-corrected chi connectivity index (χ1v) is 11.0. The van der Waals surface area contributed by atoms with Crippen molar-refractivity contribution in [1.82, 2.24) is 4.57 Å². The minimum atomic E-state index is -0.360. The second-order valence-electron chi connectivity index (χ2n) is 6.58. The zero-order valence-corrected chi connectivity index (χ0v) is 18.3. The number of fused-ring (bicyclic) bond motifs is 1. The van der Waals surface area contributed by atoms with Crippen LogP contribution in [-0.4, -0.2) is 15.6 Å². The van der Waals surface area contributed by atoms with Crippen LogP contribution in [0.25, 0.3) is 11.3 Å². The Bertz CT molecular complexity index is 1260. The zero-order chi connectivity index (χ0) is 19.8. The van der Waals surface area contributed by atoms with Gasteiger partial charge in [0.25, 0.3) is 5.91 Å². The van der Waals surface area contributed by atoms with E-state index in [1.807, 2.05) is 24.3 Å². The molecule has 7 heteroatoms. The lowest BCUT2D eigenvalue weighted by atomic mass is 10.1. The molecule has 0 radical (unpaired) electrons. The van der Waals surface area contributed by atoms with Crippen LogP contribution in [0.2, 0.25) is 0 Å². The number of aromatic nitrogens is 1. The molecule has 2 aromatic carbocycles. The number of nitrogens with zero attached hydrogens (tertiary/aromatic N) is 2. The van der Waals surface area contributed by atoms with Crippen LogP contribution in [-0.2, 0) is 11.2 Å². The molecule has 2 heterocycles. The molecule has 0 spiro atoms. The molecule has 28 heavy (non-hydrogen) atoms. The maximum atomic E-state index is 12.5. The second-order valence-corrected chi connectivity index (χ2v) is 9.14. The van der Waals surface area contributed by atoms with Crippen LogP contribution in [0.1, 0.15) is 30.2 Å². The summed E-state index contributed by atoms with van der Waals surface area (Å²) < 4.78 is 2.94. The molecule has 4 nitrogen and oxygen atoms in total. The monoisotopic (exact) mass is 472 g/mol. The van der Waals surface area contributed by atoms with Gasteiger partial charge >= 0.3 is 0 Å². The first-order valence-electron chi connectivity index (χ1n) is 8.97. The third-order valence-electron chi connectivity index (χ3n) is 4.69. The minimum absolute atomic E-state index is 0.0253. The number of aryl methyl sites for hydroxylation is 1. The number of amides is 1. The van der Waals surface area contributed by atoms with Gasteiger partial charge in [-0.3, -0.25) is 9.36 Å². The van der Waals surface area contributed by atoms with Crippen molar-refractivity contribution < 1.29 is 9.90 Å². The zero-order valence-electron chi connectivity index (χ0n) is 15.1. The van der Waals surface area contributed by atoms with Gasteiger partial charge in [-0.05, 0) is 61.0 Å². The number of rotatable bonds is 5. The molecule has 3 aromatic rings. The van der Waals surface area contributed by atoms with Crippen molar-refractivity contribution in [1.29, 1.82) is 0 Å². The minimum Gasteiger partial charge on any atom is -0.493 e. The lowest BCUT2D eigenvalue weighted by Gasteiger charge is -2.07. The van der Waals surface area contributed by atoms with Gasteiger partial charge < -0.3 is 5.11 Å². The Kier molecular flexibility index (Phi) is 5.31. The SMILES string of the molecule is CCCCc1ccc(-n2c(O)c(C3=c4cc(Br)ccc4=NC3=O)sc2=S)cc1. The van der Waals surface area contributed by atoms with Crippen molar-refractivity contribution in [2.24, 2.45) is 4.99 Å². The van der Waals surface area contributed by atoms with E-state index in [1.165, 1.54) is 16.9 Å². The van der Waals surface area contributed by atoms with Gasteiger partial charge in [-0.25, -0.2) is 4.99 Å². The van der Waals surface area contributed by atoms with Crippen molar-refractivity contribution in [3.05, 3.63) is 71.9 Å². The molecular formula is C21H17BrN2O2S2. The summed E-state index contributed by atoms with van der Waals surface area (Å²) in [5.41, 5.74) is 2.43. The number of benzene rings is 2. The largest absolute Gasteiger partial charge is 0.493 e. The summed E-state index contributed by atoms with van der Waals surface area (Å²) >= 11 is 10.2. The Morgan fingerprint density at radius 2 is 1.96 bits per heavy atom. The molecule has 0 saturated heterocycles. The number of carbonyl (C=O) groups is 1. The number of hydrogen-bond donors (Lipinski definition) is 1. The number of carbonyl (C=O) groups excluding carboxylic acids is 1. The maximum Gasteiger partial charge on any atom is 0.279 e. The van der Waals surface area contributed by atoms with E-state index >= 15 is 0 Å². The predicted octanol–water partition coefficient (Wildman–Crippen LogP) is 4.44. The van der Waals surface area contributed by atoms with Gasteiger partial charge in [0.1, 0.15) is 4.88 Å². The summed E-state index contributed by atoms with van der Waals surface area (Å²) in [5.74, 6) is -0.385. The number of halogens is 1. The Balaban J connectivity index is 1.83. The standard InChI is InChI=1S/C21H17BrN2O2S2/c1-2-3-4-12-5-8-14(9-6-12)24-20(26)18(28-21(24)27)17-15-11-13(22)7-10-16(15)23-19(17)25/h5-11,26H,2-4H2,1H3. The lowest BCUT2D eigenvalue weighted by molar-refractivity contribution is -0.112. The van der Waals surface area contributed by atoms with E-state index in [4.69, 9.17) is 12.2 Å². The summed E-state index contributed by atoms with van der Waals surface area (Å²) in [6.07, 6.45) is 3.32. The van der Waals surface area contributed by atoms with Crippen molar-refractivity contribution in [3.8, 4) is 11.6 Å². The normalized spacial score (nSPS) is 12.9. The van der Waals surface area contributed by atoms with Crippen molar-refractivity contribution in [3.63, 3.8) is 0 Å². The highest BCUT2D eigenvalue weighted by Gasteiger charge is 2.25. The van der Waals surface area contributed by atoms with Gasteiger partial charge in [0.15, 0.2) is 3.95 Å². The summed E-state index contributed by atoms with van der Waals surface area (Å²) in [4.78, 5) is 17.1. The van der Waals surface area contributed by atoms with E-state index in [0.29, 0.717) is 25.0 Å². The second kappa shape index (κ2) is 7.73. The molecule has 1 N–H and O–H groups in total. The molecule has 0 unspecified atom stereocenters. The molecular weight excluding hydrogens is 456 g/mol. The molecule has 0 atom stereocenters. The lowest BCUT2D eigenvalue weighted by Crippen LogP contribution is -2.22. The Hall–Kier alpha value is -2.09. The highest BCUT2D eigenvalue weighted by atomic mass is 79.9. The van der Waals surface area contributed by atoms with Crippen LogP contribution in [0, 0.1) is 3.95 Å². The molecule has 0 fully saturated rings. The Morgan fingerprint density at radius 1 is 1.21 bits per heavy atom. The van der Waals surface area contributed by atoms with E-state index in [0.717, 1.165) is 29.4 Å². The topological polar surface area (TPSA) is 54.6 Å². The average Bonchev–Trinajstić information content (AvgIpc) is 3.15. The quantitative estimate of drug-likeness (QED) is 0.558. The van der Waals surface area contributed by atoms with Crippen molar-refractivity contribution in [2.75, 3.05) is 0 Å². The smallest absolute Gasteiger partial charge is 0.279 e. The third-order valence-corrected chi connectivity index (χ3v) is 6.57. The van der Waals surface area contributed by atoms with Crippen molar-refractivity contribution in [2.45, 2.75) is 26.2 Å². The average molecular weight is 473 g/mol. The van der Waals surface area contributed by atoms with Gasteiger partial charge in [0.2, 0.25) is 5.88 Å². The number of hydrogen-bond acceptors (Lipinski definition) is 4. The molecule has 0 saturated carbocycles. The van der Waals surface area contributed by atoms with Crippen LogP contribution in [0.5, 0.6) is 5.88 Å². The number of unbranched alkanes of at least 4 members (excludes halogenated alkanes) is 1. The van der Waals surface area contributed by atoms with Gasteiger partial charge in [0, 0.05) is 9.69 Å². The van der Waals surface area contributed by atoms with Gasteiger partial charge in [-0.15, -0.1) is 11.3 Å². The van der Waals surface area contributed by atoms with Crippen LogP contribution < -0.4 is 10.6 Å². The van der Waals surface area contributed by atoms with Crippen LogP contribution >= 0.6 is 39.5 Å². The summed E-state index contributed by atoms with van der Waals surface area (Å²) in [6, 6.07) is 13.5. The molecule has 1 amide bonds. The fourth-order valence-electron chi connectivity index (χ4n) is 3.26. The fourth-order valence-corrected chi connectivity index (χ4v) is 5.00. The predicted molar refractivity (Wildman–Crippen MR) is 117 cm³/mol. The highest BCUT2D eigenvalue weighted by molar-refractivity contribution is 9.10. The van der Waals surface area contributed by atoms with E-state index in [1.54, 1.807) is 10.6 Å². The molecule has 0 bridgehead atoms. The molecule has 1 aromatic heterocycles. The molecule has 0 aliphatic carbocycles. The van der Waals surface area contributed by atoms with Crippen LogP contribution in [0.4, 0.5) is 0 Å². The van der Waals surface area contributed by atoms with Gasteiger partial charge in [-0.1, -0.05) is 41.4 Å². The first kappa shape index (κ1) is 19.2. The van der Waals surface area contributed by atoms with E-state index in [9.17, 15) is 9.90 Å². The van der Waals surface area contributed by atoms with Gasteiger partial charge in [0.05, 0.1) is 16.6 Å². The summed E-state index contributed by atoms with van der Waals surface area (Å²) in [5, 5.41) is 12.2. The molecule has 1 aliphatic rings. The van der Waals surface area contributed by atoms with E-state index in [2.05, 4.69) is 40.0 Å². The summed E-state index contributed by atoms with van der Waals surface area (Å²) in [6.45, 7) is 2.17. The maximum absolute atomic E-state index is 12.5. The third kappa shape index (κ3) is 3.38. The van der Waals surface area contributed by atoms with Crippen LogP contribution in [0.15, 0.2) is 51.9 Å². The van der Waals surface area contributed by atoms with E-state index in [-0.39, 0.29) is 11.8 Å². The molecule has 142 valence electrons. The Morgan fingerprint density at radius 3 is 2.68 bits per heavy atom. The molecule has 1 aliphatic heterocycles. The highest BCUT2D eigenvalue weighted by Crippen LogP contribution is 2.35. The first-order chi connectivity index (χ1) is 13.5. The summed E-state index contributed by atoms with van der Waals surface area (Å²) in [7, 11) is 0.